The maximum atomic E-state index is 7.09. The molecule has 7 aromatic carbocycles. The molecule has 3 heterocycles. The van der Waals surface area contributed by atoms with Crippen molar-refractivity contribution in [3.63, 3.8) is 0 Å². The SMILES string of the molecule is CC(C)c1cccc(C(C)C)c1-c1cc(Oc2[c-]c3c(cc2)c2cc(C(C)(C)c4ccccc4)ccc2n3-c2cc(C(C)(C)C)ccn2)[c-]c(N2C=CN(c3cc(C(C)(C)C)cc(C(C)(C)c4ccccc4)c3)[CH-]2)c1.[Pt]. The summed E-state index contributed by atoms with van der Waals surface area (Å²) < 4.78 is 9.34. The number of rotatable bonds is 12. The molecule has 6 heteroatoms. The molecule has 0 amide bonds. The van der Waals surface area contributed by atoms with Crippen LogP contribution < -0.4 is 14.5 Å². The predicted molar refractivity (Wildman–Crippen MR) is 316 cm³/mol. The number of benzene rings is 7. The van der Waals surface area contributed by atoms with Gasteiger partial charge in [0.1, 0.15) is 5.82 Å². The summed E-state index contributed by atoms with van der Waals surface area (Å²) in [4.78, 5) is 9.43. The summed E-state index contributed by atoms with van der Waals surface area (Å²) in [5.74, 6) is 2.65. The summed E-state index contributed by atoms with van der Waals surface area (Å²) in [6.07, 6.45) is 6.21. The van der Waals surface area contributed by atoms with Gasteiger partial charge in [-0.05, 0) is 121 Å². The zero-order valence-corrected chi connectivity index (χ0v) is 49.2. The first-order chi connectivity index (χ1) is 35.6. The fraction of sp³-hybridized carbons (Fsp3) is 0.286. The fourth-order valence-electron chi connectivity index (χ4n) is 10.7. The Morgan fingerprint density at radius 1 is 0.500 bits per heavy atom. The number of pyridine rings is 1. The topological polar surface area (TPSA) is 33.5 Å². The van der Waals surface area contributed by atoms with Crippen LogP contribution in [-0.4, -0.2) is 9.55 Å². The van der Waals surface area contributed by atoms with Crippen LogP contribution >= 0.6 is 0 Å². The molecule has 1 aliphatic heterocycles. The van der Waals surface area contributed by atoms with Crippen molar-refractivity contribution in [2.75, 3.05) is 9.80 Å². The smallest absolute Gasteiger partial charge is 0.135 e. The van der Waals surface area contributed by atoms with Gasteiger partial charge in [0.25, 0.3) is 0 Å². The molecule has 392 valence electrons. The number of ether oxygens (including phenoxy) is 1. The molecule has 0 fully saturated rings. The van der Waals surface area contributed by atoms with Crippen LogP contribution in [0.1, 0.15) is 153 Å². The van der Waals surface area contributed by atoms with Crippen molar-refractivity contribution in [2.24, 2.45) is 0 Å². The van der Waals surface area contributed by atoms with E-state index in [2.05, 4.69) is 294 Å². The summed E-state index contributed by atoms with van der Waals surface area (Å²) in [5.41, 5.74) is 15.9. The normalized spacial score (nSPS) is 13.4. The molecule has 76 heavy (non-hydrogen) atoms. The Morgan fingerprint density at radius 2 is 1.11 bits per heavy atom. The van der Waals surface area contributed by atoms with Crippen molar-refractivity contribution >= 4 is 33.2 Å². The fourth-order valence-corrected chi connectivity index (χ4v) is 10.7. The van der Waals surface area contributed by atoms with E-state index in [4.69, 9.17) is 9.72 Å². The molecule has 0 bridgehead atoms. The molecule has 0 N–H and O–H groups in total. The number of aromatic nitrogens is 2. The molecule has 0 atom stereocenters. The van der Waals surface area contributed by atoms with Gasteiger partial charge in [-0.15, -0.1) is 53.6 Å². The first-order valence-corrected chi connectivity index (χ1v) is 26.8. The molecule has 0 spiro atoms. The summed E-state index contributed by atoms with van der Waals surface area (Å²) in [7, 11) is 0. The third-order valence-corrected chi connectivity index (χ3v) is 15.6. The minimum atomic E-state index is -0.221. The largest absolute Gasteiger partial charge is 0.509 e. The third kappa shape index (κ3) is 10.5. The molecule has 1 aliphatic rings. The quantitative estimate of drug-likeness (QED) is 0.114. The molecule has 5 nitrogen and oxygen atoms in total. The minimum Gasteiger partial charge on any atom is -0.509 e. The summed E-state index contributed by atoms with van der Waals surface area (Å²) in [6, 6.07) is 62.9. The van der Waals surface area contributed by atoms with Crippen LogP contribution in [0.2, 0.25) is 0 Å². The van der Waals surface area contributed by atoms with Gasteiger partial charge in [-0.25, -0.2) is 4.98 Å². The van der Waals surface area contributed by atoms with Gasteiger partial charge in [-0.1, -0.05) is 200 Å². The first kappa shape index (κ1) is 54.1. The van der Waals surface area contributed by atoms with Crippen molar-refractivity contribution in [3.05, 3.63) is 234 Å². The summed E-state index contributed by atoms with van der Waals surface area (Å²) in [6.45, 7) is 34.2. The van der Waals surface area contributed by atoms with Gasteiger partial charge in [-0.3, -0.25) is 0 Å². The van der Waals surface area contributed by atoms with E-state index in [0.717, 1.165) is 44.6 Å². The zero-order chi connectivity index (χ0) is 53.2. The Balaban J connectivity index is 0.00000706. The van der Waals surface area contributed by atoms with E-state index < -0.39 is 0 Å². The molecular weight excluding hydrogens is 1110 g/mol. The summed E-state index contributed by atoms with van der Waals surface area (Å²) >= 11 is 0. The van der Waals surface area contributed by atoms with Crippen molar-refractivity contribution in [2.45, 2.75) is 130 Å². The van der Waals surface area contributed by atoms with Gasteiger partial charge >= 0.3 is 0 Å². The van der Waals surface area contributed by atoms with Gasteiger partial charge in [0, 0.05) is 60.8 Å². The minimum absolute atomic E-state index is 0. The monoisotopic (exact) mass is 1180 g/mol. The van der Waals surface area contributed by atoms with Crippen molar-refractivity contribution in [3.8, 4) is 28.4 Å². The molecule has 0 aliphatic carbocycles. The van der Waals surface area contributed by atoms with Gasteiger partial charge in [0.2, 0.25) is 0 Å². The van der Waals surface area contributed by atoms with Crippen LogP contribution in [0.25, 0.3) is 38.8 Å². The summed E-state index contributed by atoms with van der Waals surface area (Å²) in [5, 5.41) is 2.23. The molecule has 0 saturated carbocycles. The number of nitrogens with zero attached hydrogens (tertiary/aromatic N) is 4. The molecule has 2 aromatic heterocycles. The van der Waals surface area contributed by atoms with E-state index in [1.807, 2.05) is 6.20 Å². The van der Waals surface area contributed by atoms with Crippen molar-refractivity contribution in [1.82, 2.24) is 9.55 Å². The number of hydrogen-bond donors (Lipinski definition) is 0. The Bertz CT molecular complexity index is 3560. The Labute approximate surface area is 467 Å². The maximum absolute atomic E-state index is 7.09. The average molecular weight is 1180 g/mol. The zero-order valence-electron chi connectivity index (χ0n) is 46.9. The Morgan fingerprint density at radius 3 is 1.72 bits per heavy atom. The van der Waals surface area contributed by atoms with Gasteiger partial charge < -0.3 is 19.1 Å². The molecular formula is C70H73N4OPt-3. The van der Waals surface area contributed by atoms with Crippen LogP contribution in [0.4, 0.5) is 11.4 Å². The van der Waals surface area contributed by atoms with E-state index in [9.17, 15) is 0 Å². The molecule has 10 rings (SSSR count). The predicted octanol–water partition coefficient (Wildman–Crippen LogP) is 18.6. The van der Waals surface area contributed by atoms with Crippen LogP contribution in [0, 0.1) is 18.8 Å². The van der Waals surface area contributed by atoms with E-state index in [-0.39, 0.29) is 42.7 Å². The average Bonchev–Trinajstić information content (AvgIpc) is 4.02. The second kappa shape index (κ2) is 20.7. The van der Waals surface area contributed by atoms with Crippen LogP contribution in [0.15, 0.2) is 170 Å². The van der Waals surface area contributed by atoms with Crippen LogP contribution in [0.3, 0.4) is 0 Å². The molecule has 0 radical (unpaired) electrons. The number of fused-ring (bicyclic) bond motifs is 3. The number of anilines is 2. The molecule has 9 aromatic rings. The standard InChI is InChI=1S/C70H73N4O.Pt/c1-46(2)59-26-21-27-60(47(3)4)66(59)48-36-55(72-34-35-73(45-72)56-39-53(68(8,9)10)38-54(40-56)70(13,14)50-24-19-16-20-25-50)43-58(37-48)75-57-29-30-61-62-41-52(69(11,12)49-22-17-15-18-23-49)28-31-63(62)74(64(61)44-57)65-42-51(32-33-71-65)67(5,6)7;/h15-42,45-47H,1-14H3;/q-3;. The van der Waals surface area contributed by atoms with Crippen LogP contribution in [-0.2, 0) is 42.7 Å². The Kier molecular flexibility index (Phi) is 14.7. The van der Waals surface area contributed by atoms with E-state index >= 15 is 0 Å². The molecule has 0 unspecified atom stereocenters. The van der Waals surface area contributed by atoms with Gasteiger partial charge in [0.05, 0.1) is 0 Å². The second-order valence-electron chi connectivity index (χ2n) is 24.4. The van der Waals surface area contributed by atoms with E-state index in [1.165, 1.54) is 50.1 Å². The molecule has 0 saturated heterocycles. The van der Waals surface area contributed by atoms with Gasteiger partial charge in [-0.2, -0.15) is 6.07 Å². The number of hydrogen-bond acceptors (Lipinski definition) is 4. The van der Waals surface area contributed by atoms with Gasteiger partial charge in [0.15, 0.2) is 0 Å². The maximum Gasteiger partial charge on any atom is 0.135 e. The second-order valence-corrected chi connectivity index (χ2v) is 24.4. The van der Waals surface area contributed by atoms with E-state index in [1.54, 1.807) is 0 Å². The van der Waals surface area contributed by atoms with E-state index in [0.29, 0.717) is 23.3 Å². The van der Waals surface area contributed by atoms with Crippen molar-refractivity contribution < 1.29 is 25.8 Å². The third-order valence-electron chi connectivity index (χ3n) is 15.6. The first-order valence-electron chi connectivity index (χ1n) is 26.8. The van der Waals surface area contributed by atoms with Crippen LogP contribution in [0.5, 0.6) is 11.5 Å². The Hall–Kier alpha value is -6.68. The van der Waals surface area contributed by atoms with Crippen molar-refractivity contribution in [1.29, 1.82) is 0 Å².